The molecule has 0 unspecified atom stereocenters. The number of benzene rings is 1. The highest BCUT2D eigenvalue weighted by Crippen LogP contribution is 2.08. The Morgan fingerprint density at radius 2 is 2.05 bits per heavy atom. The number of aliphatic hydroxyl groups excluding tert-OH is 1. The average molecular weight is 263 g/mol. The number of carboxylic acids is 1. The van der Waals surface area contributed by atoms with E-state index in [1.807, 2.05) is 31.2 Å². The predicted octanol–water partition coefficient (Wildman–Crippen LogP) is 0.960. The Morgan fingerprint density at radius 3 is 2.63 bits per heavy atom. The fraction of sp³-hybridized carbons (Fsp3) is 0.286. The van der Waals surface area contributed by atoms with Crippen LogP contribution in [0.5, 0.6) is 0 Å². The minimum absolute atomic E-state index is 0.0146. The molecule has 1 rings (SSSR count). The number of aryl methyl sites for hydroxylation is 1. The van der Waals surface area contributed by atoms with Gasteiger partial charge in [-0.25, -0.2) is 4.79 Å². The van der Waals surface area contributed by atoms with Gasteiger partial charge in [0.15, 0.2) is 0 Å². The molecule has 0 aliphatic carbocycles. The second-order valence-corrected chi connectivity index (χ2v) is 4.10. The first-order valence-corrected chi connectivity index (χ1v) is 5.92. The molecule has 3 N–H and O–H groups in total. The Morgan fingerprint density at radius 1 is 1.37 bits per heavy atom. The summed E-state index contributed by atoms with van der Waals surface area (Å²) in [5, 5.41) is 19.9. The van der Waals surface area contributed by atoms with Crippen molar-refractivity contribution in [3.05, 3.63) is 41.5 Å². The van der Waals surface area contributed by atoms with Gasteiger partial charge in [0.1, 0.15) is 6.04 Å². The van der Waals surface area contributed by atoms with Gasteiger partial charge >= 0.3 is 5.97 Å². The summed E-state index contributed by atoms with van der Waals surface area (Å²) in [4.78, 5) is 22.4. The molecule has 0 spiro atoms. The molecule has 0 radical (unpaired) electrons. The van der Waals surface area contributed by atoms with Gasteiger partial charge in [-0.15, -0.1) is 0 Å². The van der Waals surface area contributed by atoms with Crippen LogP contribution in [0.4, 0.5) is 0 Å². The number of aliphatic hydroxyl groups is 1. The van der Waals surface area contributed by atoms with Crippen LogP contribution >= 0.6 is 0 Å². The number of rotatable bonds is 6. The Hall–Kier alpha value is -2.14. The third-order valence-electron chi connectivity index (χ3n) is 2.64. The third kappa shape index (κ3) is 4.93. The van der Waals surface area contributed by atoms with Crippen LogP contribution in [0.1, 0.15) is 17.5 Å². The molecular weight excluding hydrogens is 246 g/mol. The van der Waals surface area contributed by atoms with Gasteiger partial charge in [0.2, 0.25) is 5.91 Å². The molecule has 0 aliphatic heterocycles. The largest absolute Gasteiger partial charge is 0.480 e. The monoisotopic (exact) mass is 263 g/mol. The van der Waals surface area contributed by atoms with Crippen LogP contribution in [0.25, 0.3) is 6.08 Å². The normalized spacial score (nSPS) is 12.3. The van der Waals surface area contributed by atoms with Gasteiger partial charge in [-0.1, -0.05) is 24.3 Å². The van der Waals surface area contributed by atoms with Crippen LogP contribution in [-0.4, -0.2) is 34.7 Å². The Balaban J connectivity index is 2.64. The van der Waals surface area contributed by atoms with Crippen LogP contribution in [0, 0.1) is 6.92 Å². The second-order valence-electron chi connectivity index (χ2n) is 4.10. The smallest absolute Gasteiger partial charge is 0.326 e. The van der Waals surface area contributed by atoms with Crippen LogP contribution < -0.4 is 5.32 Å². The maximum Gasteiger partial charge on any atom is 0.326 e. The minimum atomic E-state index is -1.16. The first kappa shape index (κ1) is 14.9. The van der Waals surface area contributed by atoms with E-state index in [0.29, 0.717) is 0 Å². The Kier molecular flexibility index (Phi) is 5.75. The van der Waals surface area contributed by atoms with Crippen LogP contribution in [-0.2, 0) is 9.59 Å². The molecule has 0 aromatic heterocycles. The lowest BCUT2D eigenvalue weighted by atomic mass is 10.1. The molecule has 102 valence electrons. The van der Waals surface area contributed by atoms with Crippen molar-refractivity contribution in [2.75, 3.05) is 6.61 Å². The maximum atomic E-state index is 11.6. The predicted molar refractivity (Wildman–Crippen MR) is 71.5 cm³/mol. The van der Waals surface area contributed by atoms with E-state index in [-0.39, 0.29) is 13.0 Å². The standard InChI is InChI=1S/C14H17NO4/c1-10-4-2-3-5-11(10)6-7-13(17)15-12(8-9-16)14(18)19/h2-7,12,16H,8-9H2,1H3,(H,15,17)(H,18,19)/b7-6+/t12-/m1/s1. The van der Waals surface area contributed by atoms with Crippen molar-refractivity contribution in [1.29, 1.82) is 0 Å². The zero-order valence-corrected chi connectivity index (χ0v) is 10.7. The van der Waals surface area contributed by atoms with Crippen molar-refractivity contribution < 1.29 is 19.8 Å². The summed E-state index contributed by atoms with van der Waals surface area (Å²) < 4.78 is 0. The fourth-order valence-corrected chi connectivity index (χ4v) is 1.55. The zero-order chi connectivity index (χ0) is 14.3. The molecule has 1 aromatic rings. The van der Waals surface area contributed by atoms with Gasteiger partial charge in [0.05, 0.1) is 0 Å². The lowest BCUT2D eigenvalue weighted by Crippen LogP contribution is -2.40. The number of amides is 1. The van der Waals surface area contributed by atoms with Crippen molar-refractivity contribution >= 4 is 18.0 Å². The van der Waals surface area contributed by atoms with Crippen LogP contribution in [0.3, 0.4) is 0 Å². The van der Waals surface area contributed by atoms with Gasteiger partial charge in [-0.05, 0) is 24.1 Å². The van der Waals surface area contributed by atoms with E-state index in [2.05, 4.69) is 5.32 Å². The maximum absolute atomic E-state index is 11.6. The summed E-state index contributed by atoms with van der Waals surface area (Å²) in [6.45, 7) is 1.63. The molecule has 5 heteroatoms. The molecule has 0 heterocycles. The third-order valence-corrected chi connectivity index (χ3v) is 2.64. The molecule has 0 saturated heterocycles. The summed E-state index contributed by atoms with van der Waals surface area (Å²) in [7, 11) is 0. The fourth-order valence-electron chi connectivity index (χ4n) is 1.55. The number of nitrogens with one attached hydrogen (secondary N) is 1. The summed E-state index contributed by atoms with van der Waals surface area (Å²) in [5.41, 5.74) is 1.92. The number of carbonyl (C=O) groups excluding carboxylic acids is 1. The molecule has 1 aromatic carbocycles. The van der Waals surface area contributed by atoms with E-state index < -0.39 is 17.9 Å². The number of carbonyl (C=O) groups is 2. The highest BCUT2D eigenvalue weighted by atomic mass is 16.4. The highest BCUT2D eigenvalue weighted by molar-refractivity contribution is 5.94. The van der Waals surface area contributed by atoms with E-state index in [1.165, 1.54) is 6.08 Å². The van der Waals surface area contributed by atoms with Gasteiger partial charge < -0.3 is 15.5 Å². The van der Waals surface area contributed by atoms with Crippen LogP contribution in [0.2, 0.25) is 0 Å². The molecule has 0 bridgehead atoms. The Labute approximate surface area is 111 Å². The first-order valence-electron chi connectivity index (χ1n) is 5.92. The van der Waals surface area contributed by atoms with Crippen molar-refractivity contribution in [2.24, 2.45) is 0 Å². The number of hydrogen-bond donors (Lipinski definition) is 3. The number of aliphatic carboxylic acids is 1. The minimum Gasteiger partial charge on any atom is -0.480 e. The highest BCUT2D eigenvalue weighted by Gasteiger charge is 2.17. The van der Waals surface area contributed by atoms with E-state index in [0.717, 1.165) is 11.1 Å². The average Bonchev–Trinajstić information content (AvgIpc) is 2.37. The quantitative estimate of drug-likeness (QED) is 0.667. The van der Waals surface area contributed by atoms with Gasteiger partial charge in [-0.2, -0.15) is 0 Å². The van der Waals surface area contributed by atoms with E-state index in [9.17, 15) is 9.59 Å². The van der Waals surface area contributed by atoms with Gasteiger partial charge in [-0.3, -0.25) is 4.79 Å². The number of hydrogen-bond acceptors (Lipinski definition) is 3. The summed E-state index contributed by atoms with van der Waals surface area (Å²) >= 11 is 0. The SMILES string of the molecule is Cc1ccccc1/C=C/C(=O)N[C@H](CCO)C(=O)O. The summed E-state index contributed by atoms with van der Waals surface area (Å²) in [6.07, 6.45) is 2.90. The van der Waals surface area contributed by atoms with Gasteiger partial charge in [0.25, 0.3) is 0 Å². The summed E-state index contributed by atoms with van der Waals surface area (Å²) in [5.74, 6) is -1.66. The van der Waals surface area contributed by atoms with Crippen LogP contribution in [0.15, 0.2) is 30.3 Å². The molecule has 0 aliphatic rings. The molecule has 0 fully saturated rings. The molecule has 0 saturated carbocycles. The van der Waals surface area contributed by atoms with Crippen molar-refractivity contribution in [1.82, 2.24) is 5.32 Å². The second kappa shape index (κ2) is 7.33. The van der Waals surface area contributed by atoms with E-state index in [1.54, 1.807) is 6.08 Å². The number of carboxylic acid groups (broad SMARTS) is 1. The Bertz CT molecular complexity index is 482. The van der Waals surface area contributed by atoms with Crippen molar-refractivity contribution in [3.63, 3.8) is 0 Å². The summed E-state index contributed by atoms with van der Waals surface area (Å²) in [6, 6.07) is 6.47. The van der Waals surface area contributed by atoms with Gasteiger partial charge in [0, 0.05) is 19.1 Å². The molecule has 19 heavy (non-hydrogen) atoms. The van der Waals surface area contributed by atoms with E-state index in [4.69, 9.17) is 10.2 Å². The first-order chi connectivity index (χ1) is 9.04. The molecule has 5 nitrogen and oxygen atoms in total. The topological polar surface area (TPSA) is 86.6 Å². The lowest BCUT2D eigenvalue weighted by molar-refractivity contribution is -0.141. The molecule has 1 amide bonds. The van der Waals surface area contributed by atoms with Crippen molar-refractivity contribution in [3.8, 4) is 0 Å². The molecular formula is C14H17NO4. The lowest BCUT2D eigenvalue weighted by Gasteiger charge is -2.11. The van der Waals surface area contributed by atoms with Crippen molar-refractivity contribution in [2.45, 2.75) is 19.4 Å². The molecule has 1 atom stereocenters. The zero-order valence-electron chi connectivity index (χ0n) is 10.7. The van der Waals surface area contributed by atoms with E-state index >= 15 is 0 Å².